The van der Waals surface area contributed by atoms with Crippen molar-refractivity contribution >= 4 is 14.0 Å². The molecule has 9 nitrogen and oxygen atoms in total. The average molecular weight is 261 g/mol. The van der Waals surface area contributed by atoms with Gasteiger partial charge in [0.2, 0.25) is 0 Å². The van der Waals surface area contributed by atoms with Crippen molar-refractivity contribution in [3.05, 3.63) is 0 Å². The van der Waals surface area contributed by atoms with Crippen LogP contribution in [0.5, 0.6) is 0 Å². The molecule has 16 heavy (non-hydrogen) atoms. The highest BCUT2D eigenvalue weighted by atomic mass is 31.1. The summed E-state index contributed by atoms with van der Waals surface area (Å²) in [5.41, 5.74) is 0. The molecular weight excluding hydrogens is 247 g/mol. The van der Waals surface area contributed by atoms with E-state index in [1.54, 1.807) is 0 Å². The van der Waals surface area contributed by atoms with Gasteiger partial charge in [0.05, 0.1) is 6.61 Å². The van der Waals surface area contributed by atoms with Crippen LogP contribution >= 0.6 is 8.25 Å². The van der Waals surface area contributed by atoms with Gasteiger partial charge in [-0.05, 0) is 0 Å². The molecule has 0 spiro atoms. The van der Waals surface area contributed by atoms with Gasteiger partial charge < -0.3 is 25.5 Å². The summed E-state index contributed by atoms with van der Waals surface area (Å²) in [6.07, 6.45) is -5.22. The molecule has 0 amide bonds. The van der Waals surface area contributed by atoms with E-state index in [0.29, 0.717) is 0 Å². The lowest BCUT2D eigenvalue weighted by Gasteiger charge is -2.19. The second kappa shape index (κ2) is 9.70. The molecule has 3 atom stereocenters. The predicted octanol–water partition coefficient (Wildman–Crippen LogP) is -3.75. The van der Waals surface area contributed by atoms with Gasteiger partial charge in [0, 0.05) is 4.57 Å². The van der Waals surface area contributed by atoms with E-state index in [2.05, 4.69) is 0 Å². The normalized spacial score (nSPS) is 15.4. The van der Waals surface area contributed by atoms with Crippen LogP contribution in [0.15, 0.2) is 0 Å². The molecule has 0 aliphatic carbocycles. The Bertz CT molecular complexity index is 216. The number of Topliss-reactive ketones (excluding diaryl/α,β-unsaturated/α-hetero) is 1. The second-order valence-corrected chi connectivity index (χ2v) is 3.07. The summed E-state index contributed by atoms with van der Waals surface area (Å²) in [4.78, 5) is 24.8. The Morgan fingerprint density at radius 1 is 1.12 bits per heavy atom. The zero-order chi connectivity index (χ0) is 13.3. The molecule has 0 aromatic carbocycles. The third-order valence-corrected chi connectivity index (χ3v) is 1.39. The smallest absolute Gasteiger partial charge is 0.394 e. The van der Waals surface area contributed by atoms with Gasteiger partial charge in [-0.15, -0.1) is 9.79 Å². The van der Waals surface area contributed by atoms with E-state index in [-0.39, 0.29) is 0 Å². The molecule has 0 rings (SSSR count). The highest BCUT2D eigenvalue weighted by molar-refractivity contribution is 7.30. The minimum absolute atomic E-state index is 0.767. The molecule has 10 heteroatoms. The van der Waals surface area contributed by atoms with E-state index < -0.39 is 45.6 Å². The summed E-state index contributed by atoms with van der Waals surface area (Å²) in [6, 6.07) is 0. The van der Waals surface area contributed by atoms with Crippen molar-refractivity contribution in [1.82, 2.24) is 0 Å². The van der Waals surface area contributed by atoms with Crippen LogP contribution in [0.2, 0.25) is 0 Å². The van der Waals surface area contributed by atoms with Crippen LogP contribution in [-0.4, -0.2) is 72.6 Å². The minimum Gasteiger partial charge on any atom is -0.394 e. The standard InChI is InChI=1S/C6H12O6.HO3P/c7-1-3(9)5(11)6(12)4(10)2-8;1-4(2)3/h3,5-9,11-12H,1-2H2;(H-,1,2,3)/p+1. The first-order chi connectivity index (χ1) is 7.27. The number of carbonyl (C=O) groups excluding carboxylic acids is 1. The van der Waals surface area contributed by atoms with Gasteiger partial charge in [-0.2, -0.15) is 0 Å². The molecule has 0 aliphatic rings. The third kappa shape index (κ3) is 8.77. The zero-order valence-electron chi connectivity index (χ0n) is 8.04. The molecule has 0 aliphatic heterocycles. The fourth-order valence-electron chi connectivity index (χ4n) is 0.602. The maximum atomic E-state index is 10.5. The molecule has 0 heterocycles. The molecule has 0 fully saturated rings. The number of carbonyl (C=O) groups is 1. The van der Waals surface area contributed by atoms with Crippen molar-refractivity contribution in [2.75, 3.05) is 13.2 Å². The van der Waals surface area contributed by atoms with E-state index in [0.717, 1.165) is 0 Å². The first kappa shape index (κ1) is 17.9. The summed E-state index contributed by atoms with van der Waals surface area (Å²) in [5.74, 6) is -1.00. The maximum Gasteiger partial charge on any atom is 0.692 e. The van der Waals surface area contributed by atoms with E-state index >= 15 is 0 Å². The first-order valence-corrected chi connectivity index (χ1v) is 5.08. The van der Waals surface area contributed by atoms with Crippen LogP contribution in [-0.2, 0) is 9.36 Å². The maximum absolute atomic E-state index is 10.5. The number of rotatable bonds is 5. The quantitative estimate of drug-likeness (QED) is 0.245. The molecule has 0 saturated carbocycles. The van der Waals surface area contributed by atoms with Crippen molar-refractivity contribution in [2.45, 2.75) is 18.3 Å². The minimum atomic E-state index is -2.87. The predicted molar refractivity (Wildman–Crippen MR) is 49.2 cm³/mol. The Balaban J connectivity index is 0. The summed E-state index contributed by atoms with van der Waals surface area (Å²) in [6.45, 7) is -1.69. The van der Waals surface area contributed by atoms with Crippen LogP contribution in [0.3, 0.4) is 0 Å². The van der Waals surface area contributed by atoms with E-state index in [9.17, 15) is 4.79 Å². The average Bonchev–Trinajstić information content (AvgIpc) is 2.24. The fourth-order valence-corrected chi connectivity index (χ4v) is 0.602. The van der Waals surface area contributed by atoms with Crippen LogP contribution in [0, 0.1) is 0 Å². The van der Waals surface area contributed by atoms with Crippen molar-refractivity contribution in [1.29, 1.82) is 0 Å². The van der Waals surface area contributed by atoms with Crippen LogP contribution < -0.4 is 0 Å². The van der Waals surface area contributed by atoms with Gasteiger partial charge >= 0.3 is 8.25 Å². The first-order valence-electron chi connectivity index (χ1n) is 3.91. The highest BCUT2D eigenvalue weighted by Gasteiger charge is 2.28. The lowest BCUT2D eigenvalue weighted by atomic mass is 10.1. The Morgan fingerprint density at radius 3 is 1.75 bits per heavy atom. The van der Waals surface area contributed by atoms with Gasteiger partial charge in [0.25, 0.3) is 0 Å². The Morgan fingerprint density at radius 2 is 1.50 bits per heavy atom. The van der Waals surface area contributed by atoms with E-state index in [1.807, 2.05) is 0 Å². The van der Waals surface area contributed by atoms with Crippen LogP contribution in [0.1, 0.15) is 0 Å². The molecule has 0 saturated heterocycles. The second-order valence-electron chi connectivity index (χ2n) is 2.56. The van der Waals surface area contributed by atoms with Crippen LogP contribution in [0.25, 0.3) is 0 Å². The summed E-state index contributed by atoms with van der Waals surface area (Å²) in [5, 5.41) is 43.1. The van der Waals surface area contributed by atoms with Crippen molar-refractivity contribution in [2.24, 2.45) is 0 Å². The molecule has 0 aromatic heterocycles. The van der Waals surface area contributed by atoms with Crippen LogP contribution in [0.4, 0.5) is 0 Å². The van der Waals surface area contributed by atoms with Gasteiger partial charge in [0.15, 0.2) is 5.78 Å². The third-order valence-electron chi connectivity index (χ3n) is 1.39. The number of aliphatic hydroxyl groups excluding tert-OH is 5. The van der Waals surface area contributed by atoms with Gasteiger partial charge in [-0.3, -0.25) is 4.79 Å². The van der Waals surface area contributed by atoms with Crippen molar-refractivity contribution in [3.8, 4) is 0 Å². The highest BCUT2D eigenvalue weighted by Crippen LogP contribution is 2.00. The monoisotopic (exact) mass is 261 g/mol. The summed E-state index contributed by atoms with van der Waals surface area (Å²) in [7, 11) is -2.87. The lowest BCUT2D eigenvalue weighted by molar-refractivity contribution is -0.142. The molecule has 7 N–H and O–H groups in total. The number of hydrogen-bond donors (Lipinski definition) is 7. The van der Waals surface area contributed by atoms with Crippen molar-refractivity contribution in [3.63, 3.8) is 0 Å². The Labute approximate surface area is 91.2 Å². The fraction of sp³-hybridized carbons (Fsp3) is 0.833. The summed E-state index contributed by atoms with van der Waals surface area (Å²) >= 11 is 0. The number of hydrogen-bond acceptors (Lipinski definition) is 7. The Kier molecular flexibility index (Phi) is 10.8. The Hall–Kier alpha value is -0.510. The largest absolute Gasteiger partial charge is 0.692 e. The van der Waals surface area contributed by atoms with Crippen molar-refractivity contribution < 1.29 is 44.7 Å². The van der Waals surface area contributed by atoms with Gasteiger partial charge in [-0.25, -0.2) is 0 Å². The van der Waals surface area contributed by atoms with E-state index in [4.69, 9.17) is 39.9 Å². The molecule has 0 bridgehead atoms. The molecule has 96 valence electrons. The lowest BCUT2D eigenvalue weighted by Crippen LogP contribution is -2.44. The van der Waals surface area contributed by atoms with Gasteiger partial charge in [0.1, 0.15) is 24.9 Å². The molecule has 0 radical (unpaired) electrons. The zero-order valence-corrected chi connectivity index (χ0v) is 8.93. The number of ketones is 1. The molecule has 3 unspecified atom stereocenters. The molecular formula is C6H14O9P+. The summed E-state index contributed by atoms with van der Waals surface area (Å²) < 4.78 is 8.70. The SMILES string of the molecule is O=C(CO)C(O)C(O)C(O)CO.O=[P+](O)O. The number of aliphatic hydroxyl groups is 5. The molecule has 0 aromatic rings. The van der Waals surface area contributed by atoms with Gasteiger partial charge in [-0.1, -0.05) is 0 Å². The topological polar surface area (TPSA) is 176 Å². The van der Waals surface area contributed by atoms with E-state index in [1.165, 1.54) is 0 Å².